The number of carbonyl (C=O) groups is 1. The number of ether oxygens (including phenoxy) is 1. The summed E-state index contributed by atoms with van der Waals surface area (Å²) in [5, 5.41) is 3.23. The van der Waals surface area contributed by atoms with E-state index >= 15 is 0 Å². The molecule has 0 spiro atoms. The first kappa shape index (κ1) is 13.9. The van der Waals surface area contributed by atoms with Gasteiger partial charge in [0.05, 0.1) is 12.5 Å². The van der Waals surface area contributed by atoms with Gasteiger partial charge in [0, 0.05) is 25.7 Å². The lowest BCUT2D eigenvalue weighted by Gasteiger charge is -2.22. The SMILES string of the molecule is CCOc1ccccc1CN(C)C(=O)C1CCNC1. The van der Waals surface area contributed by atoms with Gasteiger partial charge in [-0.2, -0.15) is 0 Å². The first-order valence-corrected chi connectivity index (χ1v) is 6.88. The van der Waals surface area contributed by atoms with E-state index in [1.54, 1.807) is 4.90 Å². The molecule has 1 unspecified atom stereocenters. The summed E-state index contributed by atoms with van der Waals surface area (Å²) in [6.07, 6.45) is 0.941. The number of nitrogens with zero attached hydrogens (tertiary/aromatic N) is 1. The monoisotopic (exact) mass is 262 g/mol. The van der Waals surface area contributed by atoms with Gasteiger partial charge in [0.1, 0.15) is 5.75 Å². The highest BCUT2D eigenvalue weighted by atomic mass is 16.5. The average Bonchev–Trinajstić information content (AvgIpc) is 2.94. The van der Waals surface area contributed by atoms with Crippen molar-refractivity contribution in [2.75, 3.05) is 26.7 Å². The van der Waals surface area contributed by atoms with Gasteiger partial charge in [-0.05, 0) is 26.0 Å². The molecule has 1 aromatic rings. The summed E-state index contributed by atoms with van der Waals surface area (Å²) in [4.78, 5) is 14.1. The van der Waals surface area contributed by atoms with Crippen LogP contribution in [0.2, 0.25) is 0 Å². The number of benzene rings is 1. The Kier molecular flexibility index (Phi) is 4.80. The standard InChI is InChI=1S/C15H22N2O2/c1-3-19-14-7-5-4-6-13(14)11-17(2)15(18)12-8-9-16-10-12/h4-7,12,16H,3,8-11H2,1-2H3. The number of hydrogen-bond acceptors (Lipinski definition) is 3. The largest absolute Gasteiger partial charge is 0.494 e. The fraction of sp³-hybridized carbons (Fsp3) is 0.533. The van der Waals surface area contributed by atoms with Crippen LogP contribution in [-0.4, -0.2) is 37.6 Å². The van der Waals surface area contributed by atoms with Gasteiger partial charge in [0.2, 0.25) is 5.91 Å². The first-order chi connectivity index (χ1) is 9.22. The predicted molar refractivity (Wildman–Crippen MR) is 75.1 cm³/mol. The highest BCUT2D eigenvalue weighted by Crippen LogP contribution is 2.21. The Morgan fingerprint density at radius 2 is 2.26 bits per heavy atom. The number of nitrogens with one attached hydrogen (secondary N) is 1. The number of para-hydroxylation sites is 1. The molecule has 0 radical (unpaired) electrons. The zero-order valence-electron chi connectivity index (χ0n) is 11.7. The highest BCUT2D eigenvalue weighted by molar-refractivity contribution is 5.79. The van der Waals surface area contributed by atoms with Crippen LogP contribution in [0.5, 0.6) is 5.75 Å². The third kappa shape index (κ3) is 3.47. The van der Waals surface area contributed by atoms with Crippen LogP contribution in [0.3, 0.4) is 0 Å². The van der Waals surface area contributed by atoms with Crippen molar-refractivity contribution in [3.8, 4) is 5.75 Å². The third-order valence-corrected chi connectivity index (χ3v) is 3.47. The Balaban J connectivity index is 2.01. The molecule has 104 valence electrons. The second kappa shape index (κ2) is 6.57. The molecule has 1 aromatic carbocycles. The van der Waals surface area contributed by atoms with E-state index in [2.05, 4.69) is 5.32 Å². The number of amides is 1. The van der Waals surface area contributed by atoms with E-state index in [1.165, 1.54) is 0 Å². The quantitative estimate of drug-likeness (QED) is 0.877. The van der Waals surface area contributed by atoms with Gasteiger partial charge in [-0.1, -0.05) is 18.2 Å². The van der Waals surface area contributed by atoms with Crippen molar-refractivity contribution in [2.24, 2.45) is 5.92 Å². The van der Waals surface area contributed by atoms with Crippen LogP contribution >= 0.6 is 0 Å². The van der Waals surface area contributed by atoms with Crippen LogP contribution < -0.4 is 10.1 Å². The van der Waals surface area contributed by atoms with Crippen LogP contribution in [0.4, 0.5) is 0 Å². The minimum atomic E-state index is 0.129. The Morgan fingerprint density at radius 1 is 1.47 bits per heavy atom. The lowest BCUT2D eigenvalue weighted by Crippen LogP contribution is -2.33. The normalized spacial score (nSPS) is 18.3. The molecule has 4 nitrogen and oxygen atoms in total. The summed E-state index contributed by atoms with van der Waals surface area (Å²) in [5.41, 5.74) is 1.06. The minimum Gasteiger partial charge on any atom is -0.494 e. The second-order valence-corrected chi connectivity index (χ2v) is 4.92. The Morgan fingerprint density at radius 3 is 2.95 bits per heavy atom. The molecule has 2 rings (SSSR count). The fourth-order valence-corrected chi connectivity index (χ4v) is 2.44. The Bertz CT molecular complexity index is 428. The summed E-state index contributed by atoms with van der Waals surface area (Å²) in [5.74, 6) is 1.22. The van der Waals surface area contributed by atoms with E-state index in [9.17, 15) is 4.79 Å². The van der Waals surface area contributed by atoms with Crippen molar-refractivity contribution in [3.63, 3.8) is 0 Å². The third-order valence-electron chi connectivity index (χ3n) is 3.47. The molecule has 1 saturated heterocycles. The van der Waals surface area contributed by atoms with Crippen molar-refractivity contribution in [1.29, 1.82) is 0 Å². The molecule has 19 heavy (non-hydrogen) atoms. The maximum absolute atomic E-state index is 12.3. The molecule has 1 aliphatic rings. The Hall–Kier alpha value is -1.55. The van der Waals surface area contributed by atoms with E-state index in [-0.39, 0.29) is 11.8 Å². The van der Waals surface area contributed by atoms with Crippen molar-refractivity contribution >= 4 is 5.91 Å². The molecule has 1 amide bonds. The van der Waals surface area contributed by atoms with Gasteiger partial charge in [-0.3, -0.25) is 4.79 Å². The summed E-state index contributed by atoms with van der Waals surface area (Å²) in [7, 11) is 1.86. The maximum Gasteiger partial charge on any atom is 0.227 e. The van der Waals surface area contributed by atoms with Gasteiger partial charge >= 0.3 is 0 Å². The fourth-order valence-electron chi connectivity index (χ4n) is 2.44. The van der Waals surface area contributed by atoms with Crippen LogP contribution in [-0.2, 0) is 11.3 Å². The molecule has 0 bridgehead atoms. The molecule has 1 N–H and O–H groups in total. The Labute approximate surface area is 114 Å². The molecule has 1 atom stereocenters. The lowest BCUT2D eigenvalue weighted by atomic mass is 10.1. The van der Waals surface area contributed by atoms with Gasteiger partial charge in [0.15, 0.2) is 0 Å². The average molecular weight is 262 g/mol. The molecule has 4 heteroatoms. The van der Waals surface area contributed by atoms with E-state index in [1.807, 2.05) is 38.2 Å². The summed E-state index contributed by atoms with van der Waals surface area (Å²) >= 11 is 0. The van der Waals surface area contributed by atoms with Crippen LogP contribution in [0.1, 0.15) is 18.9 Å². The lowest BCUT2D eigenvalue weighted by molar-refractivity contribution is -0.134. The summed E-state index contributed by atoms with van der Waals surface area (Å²) in [6, 6.07) is 7.90. The van der Waals surface area contributed by atoms with Crippen LogP contribution in [0.25, 0.3) is 0 Å². The summed E-state index contributed by atoms with van der Waals surface area (Å²) in [6.45, 7) is 4.96. The van der Waals surface area contributed by atoms with Gasteiger partial charge in [0.25, 0.3) is 0 Å². The number of rotatable bonds is 5. The second-order valence-electron chi connectivity index (χ2n) is 4.92. The smallest absolute Gasteiger partial charge is 0.227 e. The van der Waals surface area contributed by atoms with E-state index in [4.69, 9.17) is 4.74 Å². The highest BCUT2D eigenvalue weighted by Gasteiger charge is 2.25. The maximum atomic E-state index is 12.3. The molecule has 1 heterocycles. The van der Waals surface area contributed by atoms with Crippen molar-refractivity contribution < 1.29 is 9.53 Å². The van der Waals surface area contributed by atoms with Crippen molar-refractivity contribution in [1.82, 2.24) is 10.2 Å². The van der Waals surface area contributed by atoms with Crippen molar-refractivity contribution in [3.05, 3.63) is 29.8 Å². The molecule has 1 fully saturated rings. The summed E-state index contributed by atoms with van der Waals surface area (Å²) < 4.78 is 5.59. The minimum absolute atomic E-state index is 0.129. The van der Waals surface area contributed by atoms with Gasteiger partial charge < -0.3 is 15.0 Å². The topological polar surface area (TPSA) is 41.6 Å². The molecule has 0 saturated carbocycles. The molecular formula is C15H22N2O2. The van der Waals surface area contributed by atoms with Crippen LogP contribution in [0.15, 0.2) is 24.3 Å². The predicted octanol–water partition coefficient (Wildman–Crippen LogP) is 1.65. The molecule has 0 aliphatic carbocycles. The number of carbonyl (C=O) groups excluding carboxylic acids is 1. The molecule has 0 aromatic heterocycles. The van der Waals surface area contributed by atoms with E-state index < -0.39 is 0 Å². The zero-order chi connectivity index (χ0) is 13.7. The van der Waals surface area contributed by atoms with E-state index in [0.717, 1.165) is 30.8 Å². The molecule has 1 aliphatic heterocycles. The van der Waals surface area contributed by atoms with Crippen LogP contribution in [0, 0.1) is 5.92 Å². The molecular weight excluding hydrogens is 240 g/mol. The first-order valence-electron chi connectivity index (χ1n) is 6.88. The van der Waals surface area contributed by atoms with Gasteiger partial charge in [-0.25, -0.2) is 0 Å². The van der Waals surface area contributed by atoms with Gasteiger partial charge in [-0.15, -0.1) is 0 Å². The van der Waals surface area contributed by atoms with E-state index in [0.29, 0.717) is 13.2 Å². The number of hydrogen-bond donors (Lipinski definition) is 1. The van der Waals surface area contributed by atoms with Crippen molar-refractivity contribution in [2.45, 2.75) is 19.9 Å². The zero-order valence-corrected chi connectivity index (χ0v) is 11.7.